The quantitative estimate of drug-likeness (QED) is 0.351. The number of carbonyl (C=O) groups excluding carboxylic acids is 3. The zero-order valence-electron chi connectivity index (χ0n) is 20.2. The molecule has 1 unspecified atom stereocenters. The number of halogens is 1. The molecule has 1 fully saturated rings. The Morgan fingerprint density at radius 3 is 2.24 bits per heavy atom. The third kappa shape index (κ3) is 7.01. The average molecular weight is 559 g/mol. The van der Waals surface area contributed by atoms with Gasteiger partial charge < -0.3 is 15.5 Å². The fraction of sp³-hybridized carbons (Fsp3) is 0.231. The lowest BCUT2D eigenvalue weighted by molar-refractivity contribution is -0.134. The number of benzene rings is 2. The van der Waals surface area contributed by atoms with Gasteiger partial charge in [-0.1, -0.05) is 17.7 Å². The number of aromatic nitrogens is 1. The minimum absolute atomic E-state index is 0.0384. The first kappa shape index (κ1) is 27.4. The molecule has 12 heteroatoms. The summed E-state index contributed by atoms with van der Waals surface area (Å²) in [4.78, 5) is 52.6. The Morgan fingerprint density at radius 2 is 1.61 bits per heavy atom. The van der Waals surface area contributed by atoms with Crippen molar-refractivity contribution in [3.05, 3.63) is 93.9 Å². The topological polar surface area (TPSA) is 141 Å². The van der Waals surface area contributed by atoms with Crippen molar-refractivity contribution in [3.63, 3.8) is 0 Å². The molecule has 1 aromatic heterocycles. The van der Waals surface area contributed by atoms with Crippen molar-refractivity contribution in [1.82, 2.24) is 14.8 Å². The van der Waals surface area contributed by atoms with Gasteiger partial charge in [0.05, 0.1) is 17.9 Å². The molecule has 2 heterocycles. The van der Waals surface area contributed by atoms with E-state index >= 15 is 0 Å². The van der Waals surface area contributed by atoms with Gasteiger partial charge in [-0.25, -0.2) is 0 Å². The first-order valence-corrected chi connectivity index (χ1v) is 14.0. The minimum Gasteiger partial charge on any atom is -0.340 e. The number of anilines is 1. The van der Waals surface area contributed by atoms with Gasteiger partial charge in [-0.15, -0.1) is 0 Å². The maximum Gasteiger partial charge on any atom is 0.255 e. The number of rotatable bonds is 7. The third-order valence-electron chi connectivity index (χ3n) is 6.04. The summed E-state index contributed by atoms with van der Waals surface area (Å²) in [7, 11) is -2.73. The number of nitrogens with one attached hydrogen (secondary N) is 2. The normalized spacial score (nSPS) is 16.2. The van der Waals surface area contributed by atoms with Crippen molar-refractivity contribution in [3.8, 4) is 5.69 Å². The molecule has 200 valence electrons. The first-order valence-electron chi connectivity index (χ1n) is 11.8. The molecule has 38 heavy (non-hydrogen) atoms. The second-order valence-electron chi connectivity index (χ2n) is 8.78. The van der Waals surface area contributed by atoms with Crippen molar-refractivity contribution >= 4 is 45.6 Å². The van der Waals surface area contributed by atoms with Crippen LogP contribution in [0.25, 0.3) is 5.69 Å². The van der Waals surface area contributed by atoms with Gasteiger partial charge in [0.25, 0.3) is 11.5 Å². The molecule has 0 aliphatic carbocycles. The van der Waals surface area contributed by atoms with Crippen molar-refractivity contribution in [2.45, 2.75) is 12.5 Å². The number of pyridine rings is 1. The molecule has 1 atom stereocenters. The largest absolute Gasteiger partial charge is 0.340 e. The molecule has 0 radical (unpaired) electrons. The fourth-order valence-corrected chi connectivity index (χ4v) is 5.31. The van der Waals surface area contributed by atoms with Crippen LogP contribution in [0.5, 0.6) is 0 Å². The summed E-state index contributed by atoms with van der Waals surface area (Å²) in [5.74, 6) is -1.48. The Balaban J connectivity index is 1.49. The van der Waals surface area contributed by atoms with E-state index in [1.54, 1.807) is 54.7 Å². The highest BCUT2D eigenvalue weighted by Crippen LogP contribution is 2.40. The molecule has 1 aliphatic rings. The molecule has 2 aromatic carbocycles. The lowest BCUT2D eigenvalue weighted by Gasteiger charge is -2.41. The molecule has 4 rings (SSSR count). The van der Waals surface area contributed by atoms with Crippen LogP contribution < -0.4 is 16.2 Å². The minimum atomic E-state index is -2.73. The molecule has 0 spiro atoms. The summed E-state index contributed by atoms with van der Waals surface area (Å²) in [6.07, 6.45) is 1.27. The molecule has 1 saturated heterocycles. The van der Waals surface area contributed by atoms with Crippen LogP contribution in [0.15, 0.2) is 77.7 Å². The second kappa shape index (κ2) is 11.8. The highest BCUT2D eigenvalue weighted by Gasteiger charge is 2.32. The smallest absolute Gasteiger partial charge is 0.255 e. The van der Waals surface area contributed by atoms with Crippen LogP contribution in [-0.2, 0) is 9.59 Å². The monoisotopic (exact) mass is 558 g/mol. The summed E-state index contributed by atoms with van der Waals surface area (Å²) in [5, 5.41) is 5.84. The number of nitrogens with zero attached hydrogens (tertiary/aromatic N) is 2. The molecular weight excluding hydrogens is 532 g/mol. The van der Waals surface area contributed by atoms with E-state index in [0.29, 0.717) is 16.4 Å². The van der Waals surface area contributed by atoms with Crippen LogP contribution in [0, 0.1) is 0 Å². The number of carbonyl (C=O) groups is 3. The van der Waals surface area contributed by atoms with Gasteiger partial charge in [0.15, 0.2) is 0 Å². The van der Waals surface area contributed by atoms with E-state index in [9.17, 15) is 28.3 Å². The Hall–Kier alpha value is -3.64. The Kier molecular flexibility index (Phi) is 8.52. The van der Waals surface area contributed by atoms with Crippen molar-refractivity contribution in [2.24, 2.45) is 0 Å². The molecule has 0 saturated carbocycles. The molecule has 10 nitrogen and oxygen atoms in total. The fourth-order valence-electron chi connectivity index (χ4n) is 3.95. The predicted molar refractivity (Wildman–Crippen MR) is 147 cm³/mol. The zero-order valence-corrected chi connectivity index (χ0v) is 21.8. The van der Waals surface area contributed by atoms with Crippen molar-refractivity contribution in [2.75, 3.05) is 29.9 Å². The highest BCUT2D eigenvalue weighted by molar-refractivity contribution is 8.24. The average Bonchev–Trinajstić information content (AvgIpc) is 2.89. The van der Waals surface area contributed by atoms with Gasteiger partial charge in [0.2, 0.25) is 11.8 Å². The van der Waals surface area contributed by atoms with Crippen LogP contribution >= 0.6 is 22.2 Å². The van der Waals surface area contributed by atoms with Gasteiger partial charge >= 0.3 is 0 Å². The van der Waals surface area contributed by atoms with E-state index in [4.69, 9.17) is 11.6 Å². The van der Waals surface area contributed by atoms with E-state index in [2.05, 4.69) is 10.6 Å². The number of amides is 3. The molecule has 4 N–H and O–H groups in total. The van der Waals surface area contributed by atoms with Crippen LogP contribution in [0.4, 0.5) is 5.69 Å². The van der Waals surface area contributed by atoms with E-state index in [0.717, 1.165) is 0 Å². The second-order valence-corrected chi connectivity index (χ2v) is 11.6. The summed E-state index contributed by atoms with van der Waals surface area (Å²) in [6, 6.07) is 16.3. The zero-order chi connectivity index (χ0) is 27.3. The molecule has 3 aromatic rings. The first-order chi connectivity index (χ1) is 18.1. The van der Waals surface area contributed by atoms with Crippen LogP contribution in [0.3, 0.4) is 0 Å². The van der Waals surface area contributed by atoms with Crippen LogP contribution in [0.2, 0.25) is 5.02 Å². The summed E-state index contributed by atoms with van der Waals surface area (Å²) in [5.41, 5.74) is 1.06. The predicted octanol–water partition coefficient (Wildman–Crippen LogP) is 3.21. The maximum atomic E-state index is 13.3. The van der Waals surface area contributed by atoms with Crippen molar-refractivity contribution in [1.29, 1.82) is 0 Å². The van der Waals surface area contributed by atoms with Gasteiger partial charge in [-0.05, 0) is 54.6 Å². The highest BCUT2D eigenvalue weighted by atomic mass is 35.5. The SMILES string of the molecule is O=C(CC(NC(=O)c1ccc(-n2ccccc2=O)cc1)C(=O)N1CCS(O)(O)CC1)Nc1ccc(Cl)cc1. The van der Waals surface area contributed by atoms with E-state index in [1.807, 2.05) is 0 Å². The van der Waals surface area contributed by atoms with Gasteiger partial charge in [-0.3, -0.25) is 32.9 Å². The lowest BCUT2D eigenvalue weighted by Crippen LogP contribution is -2.53. The Bertz CT molecular complexity index is 1370. The molecule has 0 bridgehead atoms. The maximum absolute atomic E-state index is 13.3. The van der Waals surface area contributed by atoms with Gasteiger partial charge in [0, 0.05) is 47.3 Å². The standard InChI is InChI=1S/C26H27ClN4O6S/c27-19-6-8-20(9-7-19)28-23(32)17-22(26(35)30-13-15-38(36,37)16-14-30)29-25(34)18-4-10-21(11-5-18)31-12-2-1-3-24(31)33/h1-12,22,36-37H,13-17H2,(H,28,32)(H,29,34). The molecule has 1 aliphatic heterocycles. The number of hydrogen-bond donors (Lipinski definition) is 4. The summed E-state index contributed by atoms with van der Waals surface area (Å²) >= 11 is 5.89. The van der Waals surface area contributed by atoms with Gasteiger partial charge in [0.1, 0.15) is 6.04 Å². The van der Waals surface area contributed by atoms with Crippen LogP contribution in [0.1, 0.15) is 16.8 Å². The number of hydrogen-bond acceptors (Lipinski definition) is 6. The lowest BCUT2D eigenvalue weighted by atomic mass is 10.1. The van der Waals surface area contributed by atoms with Gasteiger partial charge in [-0.2, -0.15) is 10.6 Å². The Labute approximate surface area is 225 Å². The van der Waals surface area contributed by atoms with E-state index in [-0.39, 0.29) is 42.1 Å². The van der Waals surface area contributed by atoms with Crippen molar-refractivity contribution < 1.29 is 23.5 Å². The summed E-state index contributed by atoms with van der Waals surface area (Å²) in [6.45, 7) is 0.208. The van der Waals surface area contributed by atoms with Crippen LogP contribution in [-0.4, -0.2) is 66.9 Å². The Morgan fingerprint density at radius 1 is 0.947 bits per heavy atom. The van der Waals surface area contributed by atoms with E-state index in [1.165, 1.54) is 27.7 Å². The van der Waals surface area contributed by atoms with E-state index < -0.39 is 34.4 Å². The molecule has 3 amide bonds. The third-order valence-corrected chi connectivity index (χ3v) is 7.96. The summed E-state index contributed by atoms with van der Waals surface area (Å²) < 4.78 is 21.2. The molecular formula is C26H27ClN4O6S.